The second kappa shape index (κ2) is 5.68. The summed E-state index contributed by atoms with van der Waals surface area (Å²) in [6.45, 7) is -0.0231. The van der Waals surface area contributed by atoms with Crippen molar-refractivity contribution in [2.75, 3.05) is 33.4 Å². The van der Waals surface area contributed by atoms with Crippen LogP contribution in [0.5, 0.6) is 0 Å². The van der Waals surface area contributed by atoms with Gasteiger partial charge in [0.25, 0.3) is 0 Å². The van der Waals surface area contributed by atoms with Crippen molar-refractivity contribution >= 4 is 5.91 Å². The molecule has 2 N–H and O–H groups in total. The summed E-state index contributed by atoms with van der Waals surface area (Å²) in [4.78, 5) is 12.7. The van der Waals surface area contributed by atoms with E-state index in [0.717, 1.165) is 0 Å². The minimum atomic E-state index is -4.29. The Hall–Kier alpha value is -0.820. The zero-order valence-electron chi connectivity index (χ0n) is 9.67. The molecule has 0 unspecified atom stereocenters. The van der Waals surface area contributed by atoms with Crippen LogP contribution in [-0.4, -0.2) is 50.3 Å². The third kappa shape index (κ3) is 3.57. The molecule has 0 aromatic rings. The van der Waals surface area contributed by atoms with Crippen LogP contribution in [0, 0.1) is 11.8 Å². The molecule has 1 heterocycles. The highest BCUT2D eigenvalue weighted by molar-refractivity contribution is 5.76. The Morgan fingerprint density at radius 1 is 1.47 bits per heavy atom. The number of amides is 1. The quantitative estimate of drug-likeness (QED) is 0.800. The van der Waals surface area contributed by atoms with Gasteiger partial charge in [-0.25, -0.2) is 0 Å². The largest absolute Gasteiger partial charge is 0.393 e. The maximum Gasteiger partial charge on any atom is 0.393 e. The molecule has 1 aliphatic rings. The normalized spacial score (nSPS) is 25.4. The SMILES string of the molecule is COC[C@H]1CN(C(=O)CCN)C[C@@H]1C(F)(F)F. The van der Waals surface area contributed by atoms with E-state index in [2.05, 4.69) is 0 Å². The van der Waals surface area contributed by atoms with E-state index in [-0.39, 0.29) is 38.6 Å². The lowest BCUT2D eigenvalue weighted by molar-refractivity contribution is -0.183. The van der Waals surface area contributed by atoms with Crippen molar-refractivity contribution in [3.63, 3.8) is 0 Å². The number of hydrogen-bond acceptors (Lipinski definition) is 3. The molecule has 0 radical (unpaired) electrons. The van der Waals surface area contributed by atoms with Crippen LogP contribution in [-0.2, 0) is 9.53 Å². The molecule has 1 fully saturated rings. The van der Waals surface area contributed by atoms with Crippen LogP contribution in [0.15, 0.2) is 0 Å². The fourth-order valence-corrected chi connectivity index (χ4v) is 2.11. The molecule has 1 rings (SSSR count). The first-order valence-electron chi connectivity index (χ1n) is 5.43. The van der Waals surface area contributed by atoms with E-state index in [1.807, 2.05) is 0 Å². The van der Waals surface area contributed by atoms with Crippen molar-refractivity contribution in [3.05, 3.63) is 0 Å². The maximum atomic E-state index is 12.7. The summed E-state index contributed by atoms with van der Waals surface area (Å²) >= 11 is 0. The van der Waals surface area contributed by atoms with Gasteiger partial charge in [-0.15, -0.1) is 0 Å². The Bertz CT molecular complexity index is 271. The number of rotatable bonds is 4. The number of methoxy groups -OCH3 is 1. The molecule has 1 saturated heterocycles. The Morgan fingerprint density at radius 2 is 2.12 bits per heavy atom. The molecule has 17 heavy (non-hydrogen) atoms. The summed E-state index contributed by atoms with van der Waals surface area (Å²) in [5.41, 5.74) is 5.22. The van der Waals surface area contributed by atoms with Crippen LogP contribution in [0.25, 0.3) is 0 Å². The van der Waals surface area contributed by atoms with Crippen LogP contribution < -0.4 is 5.73 Å². The van der Waals surface area contributed by atoms with Gasteiger partial charge in [-0.2, -0.15) is 13.2 Å². The number of carbonyl (C=O) groups is 1. The molecule has 2 atom stereocenters. The Kier molecular flexibility index (Phi) is 4.76. The van der Waals surface area contributed by atoms with Gasteiger partial charge < -0.3 is 15.4 Å². The van der Waals surface area contributed by atoms with Crippen LogP contribution in [0.1, 0.15) is 6.42 Å². The Morgan fingerprint density at radius 3 is 2.59 bits per heavy atom. The Labute approximate surface area is 97.9 Å². The smallest absolute Gasteiger partial charge is 0.384 e. The summed E-state index contributed by atoms with van der Waals surface area (Å²) in [5, 5.41) is 0. The van der Waals surface area contributed by atoms with Gasteiger partial charge >= 0.3 is 6.18 Å². The molecule has 7 heteroatoms. The summed E-state index contributed by atoms with van der Waals surface area (Å²) in [6.07, 6.45) is -4.20. The first-order valence-corrected chi connectivity index (χ1v) is 5.43. The van der Waals surface area contributed by atoms with Crippen molar-refractivity contribution in [3.8, 4) is 0 Å². The number of alkyl halides is 3. The van der Waals surface area contributed by atoms with Crippen LogP contribution in [0.2, 0.25) is 0 Å². The molecule has 0 aromatic carbocycles. The predicted octanol–water partition coefficient (Wildman–Crippen LogP) is 0.618. The highest BCUT2D eigenvalue weighted by Crippen LogP contribution is 2.37. The first kappa shape index (κ1) is 14.2. The summed E-state index contributed by atoms with van der Waals surface area (Å²) < 4.78 is 43.0. The lowest BCUT2D eigenvalue weighted by atomic mass is 9.96. The van der Waals surface area contributed by atoms with Gasteiger partial charge in [-0.3, -0.25) is 4.79 Å². The highest BCUT2D eigenvalue weighted by atomic mass is 19.4. The molecule has 0 aliphatic carbocycles. The van der Waals surface area contributed by atoms with Crippen molar-refractivity contribution in [2.24, 2.45) is 17.6 Å². The third-order valence-corrected chi connectivity index (χ3v) is 2.95. The van der Waals surface area contributed by atoms with E-state index >= 15 is 0 Å². The average Bonchev–Trinajstić information content (AvgIpc) is 2.62. The van der Waals surface area contributed by atoms with E-state index in [1.165, 1.54) is 12.0 Å². The topological polar surface area (TPSA) is 55.6 Å². The third-order valence-electron chi connectivity index (χ3n) is 2.95. The monoisotopic (exact) mass is 254 g/mol. The predicted molar refractivity (Wildman–Crippen MR) is 55.2 cm³/mol. The summed E-state index contributed by atoms with van der Waals surface area (Å²) in [5.74, 6) is -2.49. The first-order chi connectivity index (χ1) is 7.90. The molecule has 4 nitrogen and oxygen atoms in total. The van der Waals surface area contributed by atoms with E-state index in [1.54, 1.807) is 0 Å². The van der Waals surface area contributed by atoms with Gasteiger partial charge in [-0.05, 0) is 0 Å². The molecule has 1 amide bonds. The summed E-state index contributed by atoms with van der Waals surface area (Å²) in [7, 11) is 1.36. The number of likely N-dealkylation sites (tertiary alicyclic amines) is 1. The molecule has 0 aromatic heterocycles. The highest BCUT2D eigenvalue weighted by Gasteiger charge is 2.50. The molecular weight excluding hydrogens is 237 g/mol. The van der Waals surface area contributed by atoms with Gasteiger partial charge in [0.05, 0.1) is 12.5 Å². The fraction of sp³-hybridized carbons (Fsp3) is 0.900. The van der Waals surface area contributed by atoms with Gasteiger partial charge in [0, 0.05) is 39.1 Å². The van der Waals surface area contributed by atoms with Gasteiger partial charge in [0.15, 0.2) is 0 Å². The fourth-order valence-electron chi connectivity index (χ4n) is 2.11. The average molecular weight is 254 g/mol. The van der Waals surface area contributed by atoms with Crippen LogP contribution in [0.4, 0.5) is 13.2 Å². The number of ether oxygens (including phenoxy) is 1. The van der Waals surface area contributed by atoms with Crippen molar-refractivity contribution in [2.45, 2.75) is 12.6 Å². The molecule has 0 saturated carbocycles. The van der Waals surface area contributed by atoms with E-state index in [0.29, 0.717) is 0 Å². The van der Waals surface area contributed by atoms with Crippen molar-refractivity contribution < 1.29 is 22.7 Å². The minimum Gasteiger partial charge on any atom is -0.384 e. The molecule has 0 spiro atoms. The second-order valence-corrected chi connectivity index (χ2v) is 4.20. The molecule has 0 bridgehead atoms. The van der Waals surface area contributed by atoms with E-state index in [9.17, 15) is 18.0 Å². The second-order valence-electron chi connectivity index (χ2n) is 4.20. The lowest BCUT2D eigenvalue weighted by Crippen LogP contribution is -2.33. The molecular formula is C10H17F3N2O2. The number of carbonyl (C=O) groups excluding carboxylic acids is 1. The molecule has 100 valence electrons. The lowest BCUT2D eigenvalue weighted by Gasteiger charge is -2.19. The zero-order valence-corrected chi connectivity index (χ0v) is 9.67. The number of hydrogen-bond donors (Lipinski definition) is 1. The van der Waals surface area contributed by atoms with E-state index < -0.39 is 18.0 Å². The number of halogens is 3. The Balaban J connectivity index is 2.68. The van der Waals surface area contributed by atoms with Crippen LogP contribution in [0.3, 0.4) is 0 Å². The minimum absolute atomic E-state index is 0.0105. The maximum absolute atomic E-state index is 12.7. The number of nitrogens with zero attached hydrogens (tertiary/aromatic N) is 1. The zero-order chi connectivity index (χ0) is 13.1. The van der Waals surface area contributed by atoms with Crippen molar-refractivity contribution in [1.82, 2.24) is 4.90 Å². The van der Waals surface area contributed by atoms with Crippen molar-refractivity contribution in [1.29, 1.82) is 0 Å². The van der Waals surface area contributed by atoms with Gasteiger partial charge in [-0.1, -0.05) is 0 Å². The van der Waals surface area contributed by atoms with E-state index in [4.69, 9.17) is 10.5 Å². The van der Waals surface area contributed by atoms with Gasteiger partial charge in [0.2, 0.25) is 5.91 Å². The summed E-state index contributed by atoms with van der Waals surface area (Å²) in [6, 6.07) is 0. The van der Waals surface area contributed by atoms with Gasteiger partial charge in [0.1, 0.15) is 0 Å². The molecule has 1 aliphatic heterocycles. The number of nitrogens with two attached hydrogens (primary N) is 1. The standard InChI is InChI=1S/C10H17F3N2O2/c1-17-6-7-4-15(9(16)2-3-14)5-8(7)10(11,12)13/h7-8H,2-6,14H2,1H3/t7-,8+/m1/s1. The van der Waals surface area contributed by atoms with Crippen LogP contribution >= 0.6 is 0 Å².